The zero-order valence-electron chi connectivity index (χ0n) is 33.1. The van der Waals surface area contributed by atoms with Gasteiger partial charge in [0.1, 0.15) is 6.04 Å². The lowest BCUT2D eigenvalue weighted by Crippen LogP contribution is -2.55. The molecule has 0 saturated carbocycles. The number of likely N-dealkylation sites (N-methyl/N-ethyl adjacent to an activating group) is 1. The van der Waals surface area contributed by atoms with Crippen molar-refractivity contribution in [3.05, 3.63) is 35.9 Å². The van der Waals surface area contributed by atoms with Crippen LogP contribution in [0.2, 0.25) is 0 Å². The number of nitrogens with zero attached hydrogens (tertiary/aromatic N) is 3. The number of carbonyl (C=O) groups excluding carboxylic acids is 5. The number of nitrogens with one attached hydrogen (secondary N) is 1. The van der Waals surface area contributed by atoms with Crippen LogP contribution in [0, 0.1) is 23.7 Å². The molecule has 292 valence electrons. The molecule has 0 radical (unpaired) electrons. The van der Waals surface area contributed by atoms with E-state index in [1.807, 2.05) is 58.0 Å². The summed E-state index contributed by atoms with van der Waals surface area (Å²) in [6.07, 6.45) is 2.42. The van der Waals surface area contributed by atoms with Crippen LogP contribution in [0.4, 0.5) is 0 Å². The van der Waals surface area contributed by atoms with Crippen LogP contribution in [0.25, 0.3) is 0 Å². The first kappa shape index (κ1) is 44.5. The molecule has 1 aromatic carbocycles. The molecule has 1 aliphatic heterocycles. The van der Waals surface area contributed by atoms with Crippen molar-refractivity contribution < 1.29 is 38.2 Å². The van der Waals surface area contributed by atoms with E-state index in [0.29, 0.717) is 13.0 Å². The Bertz CT molecular complexity index is 1360. The summed E-state index contributed by atoms with van der Waals surface area (Å²) in [4.78, 5) is 74.2. The van der Waals surface area contributed by atoms with Gasteiger partial charge in [-0.15, -0.1) is 0 Å². The largest absolute Gasteiger partial charge is 0.467 e. The lowest BCUT2D eigenvalue weighted by atomic mass is 9.88. The highest BCUT2D eigenvalue weighted by Crippen LogP contribution is 2.30. The Balaban J connectivity index is 2.28. The van der Waals surface area contributed by atoms with E-state index >= 15 is 0 Å². The summed E-state index contributed by atoms with van der Waals surface area (Å²) in [5, 5.41) is 2.85. The molecule has 8 atom stereocenters. The van der Waals surface area contributed by atoms with Crippen molar-refractivity contribution in [3.63, 3.8) is 0 Å². The summed E-state index contributed by atoms with van der Waals surface area (Å²) in [6, 6.07) is 7.60. The molecular formula is C39H63N5O8. The van der Waals surface area contributed by atoms with Gasteiger partial charge >= 0.3 is 5.97 Å². The molecule has 1 fully saturated rings. The van der Waals surface area contributed by atoms with Crippen molar-refractivity contribution >= 4 is 35.8 Å². The minimum atomic E-state index is -1.17. The normalized spacial score (nSPS) is 19.0. The van der Waals surface area contributed by atoms with Gasteiger partial charge in [-0.25, -0.2) is 9.79 Å². The SMILES string of the molecule is CC[C@H](C)[C@@H]([C@@H](CC(=O)N1CCC[C@H]1[C@H](OC)[C@@H](C)C(=O)N[C@@H](Cc1ccccc1)C(=O)OC)OC)N(C)C(=O)C(/C=N/C(=O)C(C)(C)N)C(C)C. The number of methoxy groups -OCH3 is 3. The monoisotopic (exact) mass is 729 g/mol. The summed E-state index contributed by atoms with van der Waals surface area (Å²) >= 11 is 0. The predicted octanol–water partition coefficient (Wildman–Crippen LogP) is 3.41. The van der Waals surface area contributed by atoms with E-state index in [0.717, 1.165) is 18.4 Å². The molecule has 0 aromatic heterocycles. The van der Waals surface area contributed by atoms with Gasteiger partial charge in [0.2, 0.25) is 17.7 Å². The van der Waals surface area contributed by atoms with Gasteiger partial charge in [0.25, 0.3) is 5.91 Å². The van der Waals surface area contributed by atoms with Crippen molar-refractivity contribution in [3.8, 4) is 0 Å². The second kappa shape index (κ2) is 20.5. The van der Waals surface area contributed by atoms with Crippen LogP contribution in [-0.4, -0.2) is 116 Å². The Morgan fingerprint density at radius 2 is 1.69 bits per heavy atom. The number of benzene rings is 1. The Kier molecular flexibility index (Phi) is 17.6. The van der Waals surface area contributed by atoms with Crippen LogP contribution < -0.4 is 11.1 Å². The summed E-state index contributed by atoms with van der Waals surface area (Å²) in [5.41, 5.74) is 5.62. The maximum atomic E-state index is 14.1. The molecule has 52 heavy (non-hydrogen) atoms. The lowest BCUT2D eigenvalue weighted by Gasteiger charge is -2.40. The van der Waals surface area contributed by atoms with Crippen molar-refractivity contribution in [2.75, 3.05) is 34.9 Å². The van der Waals surface area contributed by atoms with Gasteiger partial charge in [-0.1, -0.05) is 71.4 Å². The van der Waals surface area contributed by atoms with E-state index in [1.165, 1.54) is 27.5 Å². The predicted molar refractivity (Wildman–Crippen MR) is 200 cm³/mol. The second-order valence-corrected chi connectivity index (χ2v) is 14.9. The Morgan fingerprint density at radius 3 is 2.21 bits per heavy atom. The molecule has 1 aliphatic rings. The molecule has 2 rings (SSSR count). The number of ether oxygens (including phenoxy) is 3. The second-order valence-electron chi connectivity index (χ2n) is 14.9. The molecule has 13 nitrogen and oxygen atoms in total. The van der Waals surface area contributed by atoms with Gasteiger partial charge in [-0.2, -0.15) is 0 Å². The van der Waals surface area contributed by atoms with Crippen LogP contribution in [0.3, 0.4) is 0 Å². The van der Waals surface area contributed by atoms with Crippen molar-refractivity contribution in [2.24, 2.45) is 34.4 Å². The fourth-order valence-electron chi connectivity index (χ4n) is 6.87. The molecule has 1 aromatic rings. The molecule has 0 aliphatic carbocycles. The molecular weight excluding hydrogens is 666 g/mol. The van der Waals surface area contributed by atoms with E-state index in [4.69, 9.17) is 19.9 Å². The first-order chi connectivity index (χ1) is 24.4. The first-order valence-electron chi connectivity index (χ1n) is 18.3. The summed E-state index contributed by atoms with van der Waals surface area (Å²) in [7, 11) is 6.04. The van der Waals surface area contributed by atoms with Gasteiger partial charge in [0.05, 0.1) is 55.2 Å². The fraction of sp³-hybridized carbons (Fsp3) is 0.692. The minimum absolute atomic E-state index is 0.00158. The zero-order valence-corrected chi connectivity index (χ0v) is 33.1. The number of likely N-dealkylation sites (tertiary alicyclic amines) is 1. The van der Waals surface area contributed by atoms with Crippen LogP contribution in [0.5, 0.6) is 0 Å². The molecule has 1 saturated heterocycles. The number of rotatable bonds is 19. The lowest BCUT2D eigenvalue weighted by molar-refractivity contribution is -0.148. The topological polar surface area (TPSA) is 170 Å². The number of nitrogens with two attached hydrogens (primary N) is 1. The van der Waals surface area contributed by atoms with Crippen LogP contribution in [0.15, 0.2) is 35.3 Å². The van der Waals surface area contributed by atoms with Gasteiger partial charge in [-0.3, -0.25) is 19.2 Å². The number of aliphatic imine (C=N–C) groups is 1. The molecule has 4 amide bonds. The van der Waals surface area contributed by atoms with Gasteiger partial charge in [0.15, 0.2) is 0 Å². The van der Waals surface area contributed by atoms with Crippen molar-refractivity contribution in [2.45, 2.75) is 116 Å². The van der Waals surface area contributed by atoms with E-state index < -0.39 is 59.6 Å². The molecule has 13 heteroatoms. The average Bonchev–Trinajstić information content (AvgIpc) is 3.60. The quantitative estimate of drug-likeness (QED) is 0.160. The number of hydrogen-bond donors (Lipinski definition) is 2. The average molecular weight is 730 g/mol. The highest BCUT2D eigenvalue weighted by Gasteiger charge is 2.43. The maximum Gasteiger partial charge on any atom is 0.328 e. The molecule has 3 N–H and O–H groups in total. The maximum absolute atomic E-state index is 14.1. The number of amides is 4. The third-order valence-corrected chi connectivity index (χ3v) is 10.3. The highest BCUT2D eigenvalue weighted by atomic mass is 16.5. The van der Waals surface area contributed by atoms with E-state index in [1.54, 1.807) is 37.6 Å². The molecule has 0 bridgehead atoms. The van der Waals surface area contributed by atoms with Crippen LogP contribution in [0.1, 0.15) is 79.7 Å². The Morgan fingerprint density at radius 1 is 1.06 bits per heavy atom. The van der Waals surface area contributed by atoms with E-state index in [9.17, 15) is 24.0 Å². The van der Waals surface area contributed by atoms with Crippen LogP contribution in [-0.2, 0) is 44.6 Å². The zero-order chi connectivity index (χ0) is 39.3. The smallest absolute Gasteiger partial charge is 0.328 e. The first-order valence-corrected chi connectivity index (χ1v) is 18.3. The van der Waals surface area contributed by atoms with E-state index in [-0.39, 0.29) is 42.4 Å². The van der Waals surface area contributed by atoms with E-state index in [2.05, 4.69) is 10.3 Å². The number of esters is 1. The van der Waals surface area contributed by atoms with Crippen LogP contribution >= 0.6 is 0 Å². The molecule has 1 unspecified atom stereocenters. The number of hydrogen-bond acceptors (Lipinski definition) is 9. The summed E-state index contributed by atoms with van der Waals surface area (Å²) in [5.74, 6) is -3.47. The third kappa shape index (κ3) is 11.9. The van der Waals surface area contributed by atoms with Gasteiger partial charge in [0, 0.05) is 40.4 Å². The van der Waals surface area contributed by atoms with Gasteiger partial charge in [-0.05, 0) is 44.1 Å². The fourth-order valence-corrected chi connectivity index (χ4v) is 6.87. The summed E-state index contributed by atoms with van der Waals surface area (Å²) in [6.45, 7) is 13.1. The Labute approximate surface area is 310 Å². The number of carbonyl (C=O) groups is 5. The van der Waals surface area contributed by atoms with Crippen molar-refractivity contribution in [1.82, 2.24) is 15.1 Å². The Hall–Kier alpha value is -3.68. The standard InChI is InChI=1S/C39H63N5O8/c1-12-25(4)33(43(8)36(47)28(24(2)3)23-41-38(49)39(6,7)40)31(50-9)22-32(45)44-20-16-19-30(44)34(51-10)26(5)35(46)42-29(37(48)52-11)21-27-17-14-13-15-18-27/h13-15,17-18,23-26,28-31,33-34H,12,16,19-22,40H2,1-11H3,(H,42,46)/b41-23+/t25-,26+,28?,29-,30-,31+,33-,34+/m0/s1. The highest BCUT2D eigenvalue weighted by molar-refractivity contribution is 5.99. The molecule has 0 spiro atoms. The third-order valence-electron chi connectivity index (χ3n) is 10.3. The van der Waals surface area contributed by atoms with Crippen molar-refractivity contribution in [1.29, 1.82) is 0 Å². The molecule has 1 heterocycles. The minimum Gasteiger partial charge on any atom is -0.467 e. The van der Waals surface area contributed by atoms with Gasteiger partial charge < -0.3 is 35.1 Å². The summed E-state index contributed by atoms with van der Waals surface area (Å²) < 4.78 is 16.9.